The van der Waals surface area contributed by atoms with E-state index < -0.39 is 6.09 Å². The molecule has 0 unspecified atom stereocenters. The number of carbonyl (C=O) groups is 1. The summed E-state index contributed by atoms with van der Waals surface area (Å²) < 4.78 is 19.2. The van der Waals surface area contributed by atoms with Crippen LogP contribution in [0.25, 0.3) is 22.3 Å². The van der Waals surface area contributed by atoms with Crippen LogP contribution < -0.4 is 10.2 Å². The summed E-state index contributed by atoms with van der Waals surface area (Å²) >= 11 is 0. The summed E-state index contributed by atoms with van der Waals surface area (Å²) in [5.74, 6) is 1.24. The molecule has 7 nitrogen and oxygen atoms in total. The maximum atomic E-state index is 14.0. The van der Waals surface area contributed by atoms with Crippen LogP contribution >= 0.6 is 0 Å². The number of ether oxygens (including phenoxy) is 1. The minimum atomic E-state index is -0.409. The maximum Gasteiger partial charge on any atom is 0.407 e. The second kappa shape index (κ2) is 9.38. The van der Waals surface area contributed by atoms with Gasteiger partial charge in [-0.25, -0.2) is 19.2 Å². The quantitative estimate of drug-likeness (QED) is 0.595. The van der Waals surface area contributed by atoms with E-state index in [4.69, 9.17) is 9.72 Å². The Balaban J connectivity index is 1.56. The number of halogens is 1. The van der Waals surface area contributed by atoms with Crippen molar-refractivity contribution in [3.63, 3.8) is 0 Å². The number of rotatable bonds is 6. The molecule has 1 amide bonds. The molecule has 8 heteroatoms. The summed E-state index contributed by atoms with van der Waals surface area (Å²) in [6.45, 7) is 6.23. The number of nitrogens with one attached hydrogen (secondary N) is 1. The van der Waals surface area contributed by atoms with Gasteiger partial charge in [0, 0.05) is 25.0 Å². The van der Waals surface area contributed by atoms with E-state index >= 15 is 0 Å². The molecule has 0 bridgehead atoms. The normalized spacial score (nSPS) is 16.0. The minimum Gasteiger partial charge on any atom is -0.507 e. The average molecular weight is 439 g/mol. The molecule has 2 N–H and O–H groups in total. The van der Waals surface area contributed by atoms with Crippen molar-refractivity contribution in [1.29, 1.82) is 0 Å². The third kappa shape index (κ3) is 4.90. The van der Waals surface area contributed by atoms with Crippen molar-refractivity contribution < 1.29 is 19.0 Å². The first-order chi connectivity index (χ1) is 15.4. The van der Waals surface area contributed by atoms with Crippen molar-refractivity contribution in [2.45, 2.75) is 20.3 Å². The number of para-hydroxylation sites is 1. The number of anilines is 1. The van der Waals surface area contributed by atoms with Crippen molar-refractivity contribution in [2.75, 3.05) is 31.1 Å². The summed E-state index contributed by atoms with van der Waals surface area (Å²) in [6.07, 6.45) is 0.450. The lowest BCUT2D eigenvalue weighted by Gasteiger charge is -2.20. The molecule has 0 aliphatic carbocycles. The fourth-order valence-electron chi connectivity index (χ4n) is 3.82. The molecule has 1 atom stereocenters. The van der Waals surface area contributed by atoms with Gasteiger partial charge in [0.2, 0.25) is 0 Å². The second-order valence-corrected chi connectivity index (χ2v) is 8.52. The van der Waals surface area contributed by atoms with E-state index in [2.05, 4.69) is 15.2 Å². The Morgan fingerprint density at radius 3 is 2.88 bits per heavy atom. The molecule has 1 aliphatic heterocycles. The van der Waals surface area contributed by atoms with E-state index in [0.717, 1.165) is 13.0 Å². The van der Waals surface area contributed by atoms with Crippen molar-refractivity contribution in [3.05, 3.63) is 48.3 Å². The summed E-state index contributed by atoms with van der Waals surface area (Å²) in [4.78, 5) is 23.2. The number of hydrogen-bond acceptors (Lipinski definition) is 6. The zero-order chi connectivity index (χ0) is 22.7. The van der Waals surface area contributed by atoms with Gasteiger partial charge in [-0.1, -0.05) is 26.0 Å². The molecule has 0 spiro atoms. The van der Waals surface area contributed by atoms with Crippen LogP contribution in [0, 0.1) is 17.7 Å². The highest BCUT2D eigenvalue weighted by molar-refractivity contribution is 5.91. The Morgan fingerprint density at radius 1 is 1.28 bits per heavy atom. The zero-order valence-electron chi connectivity index (χ0n) is 18.2. The van der Waals surface area contributed by atoms with Gasteiger partial charge in [0.25, 0.3) is 0 Å². The van der Waals surface area contributed by atoms with Gasteiger partial charge in [-0.15, -0.1) is 0 Å². The molecular weight excluding hydrogens is 411 g/mol. The summed E-state index contributed by atoms with van der Waals surface area (Å²) in [5, 5.41) is 13.7. The minimum absolute atomic E-state index is 0.0864. The smallest absolute Gasteiger partial charge is 0.407 e. The van der Waals surface area contributed by atoms with E-state index in [9.17, 15) is 14.3 Å². The molecule has 0 saturated carbocycles. The number of aromatic hydroxyl groups is 1. The van der Waals surface area contributed by atoms with E-state index in [-0.39, 0.29) is 23.4 Å². The van der Waals surface area contributed by atoms with Gasteiger partial charge in [0.15, 0.2) is 5.82 Å². The highest BCUT2D eigenvalue weighted by atomic mass is 19.1. The van der Waals surface area contributed by atoms with Crippen molar-refractivity contribution >= 4 is 22.8 Å². The predicted octanol–water partition coefficient (Wildman–Crippen LogP) is 4.35. The highest BCUT2D eigenvalue weighted by Gasteiger charge is 2.26. The number of nitrogens with zero attached hydrogens (tertiary/aromatic N) is 3. The third-order valence-electron chi connectivity index (χ3n) is 5.45. The van der Waals surface area contributed by atoms with Gasteiger partial charge in [-0.3, -0.25) is 0 Å². The molecule has 2 aromatic carbocycles. The third-order valence-corrected chi connectivity index (χ3v) is 5.45. The van der Waals surface area contributed by atoms with Crippen LogP contribution in [0.2, 0.25) is 0 Å². The fourth-order valence-corrected chi connectivity index (χ4v) is 3.82. The number of aromatic nitrogens is 2. The molecular formula is C24H27FN4O3. The Morgan fingerprint density at radius 2 is 2.09 bits per heavy atom. The van der Waals surface area contributed by atoms with Gasteiger partial charge in [0.05, 0.1) is 17.7 Å². The van der Waals surface area contributed by atoms with Crippen LogP contribution in [0.15, 0.2) is 42.5 Å². The summed E-state index contributed by atoms with van der Waals surface area (Å²) in [7, 11) is 0. The van der Waals surface area contributed by atoms with Crippen LogP contribution in [-0.2, 0) is 4.74 Å². The van der Waals surface area contributed by atoms with E-state index in [1.807, 2.05) is 19.9 Å². The van der Waals surface area contributed by atoms with E-state index in [1.165, 1.54) is 12.1 Å². The van der Waals surface area contributed by atoms with Gasteiger partial charge >= 0.3 is 6.09 Å². The molecule has 2 heterocycles. The van der Waals surface area contributed by atoms with Crippen molar-refractivity contribution in [3.8, 4) is 17.1 Å². The lowest BCUT2D eigenvalue weighted by molar-refractivity contribution is 0.132. The molecule has 1 fully saturated rings. The van der Waals surface area contributed by atoms with E-state index in [1.54, 1.807) is 24.3 Å². The Labute approximate surface area is 186 Å². The lowest BCUT2D eigenvalue weighted by atomic mass is 10.1. The molecule has 1 saturated heterocycles. The molecule has 3 aromatic rings. The van der Waals surface area contributed by atoms with Gasteiger partial charge < -0.3 is 20.1 Å². The first kappa shape index (κ1) is 21.8. The monoisotopic (exact) mass is 438 g/mol. The first-order valence-electron chi connectivity index (χ1n) is 10.8. The fraction of sp³-hybridized carbons (Fsp3) is 0.375. The average Bonchev–Trinajstić information content (AvgIpc) is 3.25. The van der Waals surface area contributed by atoms with E-state index in [0.29, 0.717) is 47.8 Å². The van der Waals surface area contributed by atoms with Crippen molar-refractivity contribution in [2.24, 2.45) is 11.8 Å². The first-order valence-corrected chi connectivity index (χ1v) is 10.8. The zero-order valence-corrected chi connectivity index (χ0v) is 18.2. The van der Waals surface area contributed by atoms with Gasteiger partial charge in [-0.05, 0) is 48.6 Å². The number of phenols is 1. The predicted molar refractivity (Wildman–Crippen MR) is 121 cm³/mol. The van der Waals surface area contributed by atoms with Crippen molar-refractivity contribution in [1.82, 2.24) is 15.3 Å². The number of phenolic OH excluding ortho intramolecular Hbond substituents is 1. The van der Waals surface area contributed by atoms with Gasteiger partial charge in [0.1, 0.15) is 17.4 Å². The van der Waals surface area contributed by atoms with Gasteiger partial charge in [-0.2, -0.15) is 0 Å². The standard InChI is InChI=1S/C24H27FN4O3/c1-15(2)14-32-24(31)26-12-16-9-10-29(13-16)23-19-11-17(25)7-8-20(19)27-22(28-23)18-5-3-4-6-21(18)30/h3-8,11,15-16,30H,9-10,12-14H2,1-2H3,(H,26,31)/t16-/m0/s1. The molecule has 168 valence electrons. The molecule has 1 aromatic heterocycles. The number of carbonyl (C=O) groups excluding carboxylic acids is 1. The lowest BCUT2D eigenvalue weighted by Crippen LogP contribution is -2.32. The second-order valence-electron chi connectivity index (χ2n) is 8.52. The summed E-state index contributed by atoms with van der Waals surface area (Å²) in [5.41, 5.74) is 1.12. The number of benzene rings is 2. The molecule has 4 rings (SSSR count). The topological polar surface area (TPSA) is 87.6 Å². The van der Waals surface area contributed by atoms with Crippen LogP contribution in [0.3, 0.4) is 0 Å². The largest absolute Gasteiger partial charge is 0.507 e. The van der Waals surface area contributed by atoms with Crippen LogP contribution in [0.5, 0.6) is 5.75 Å². The molecule has 32 heavy (non-hydrogen) atoms. The number of amides is 1. The maximum absolute atomic E-state index is 14.0. The Bertz CT molecular complexity index is 1120. The number of alkyl carbamates (subject to hydrolysis) is 1. The Kier molecular flexibility index (Phi) is 6.39. The SMILES string of the molecule is CC(C)COC(=O)NC[C@@H]1CCN(c2nc(-c3ccccc3O)nc3ccc(F)cc23)C1. The summed E-state index contributed by atoms with van der Waals surface area (Å²) in [6, 6.07) is 11.3. The van der Waals surface area contributed by atoms with Crippen LogP contribution in [-0.4, -0.2) is 47.4 Å². The number of hydrogen-bond donors (Lipinski definition) is 2. The number of fused-ring (bicyclic) bond motifs is 1. The van der Waals surface area contributed by atoms with Crippen LogP contribution in [0.4, 0.5) is 15.0 Å². The molecule has 1 aliphatic rings. The highest BCUT2D eigenvalue weighted by Crippen LogP contribution is 2.33. The molecule has 0 radical (unpaired) electrons. The Hall–Kier alpha value is -3.42. The van der Waals surface area contributed by atoms with Crippen LogP contribution in [0.1, 0.15) is 20.3 Å².